The van der Waals surface area contributed by atoms with Gasteiger partial charge in [0.25, 0.3) is 30.4 Å². The van der Waals surface area contributed by atoms with E-state index in [2.05, 4.69) is 14.9 Å². The van der Waals surface area contributed by atoms with Gasteiger partial charge in [-0.15, -0.1) is 0 Å². The summed E-state index contributed by atoms with van der Waals surface area (Å²) < 4.78 is 102. The van der Waals surface area contributed by atoms with Gasteiger partial charge < -0.3 is 4.90 Å². The molecule has 2 heterocycles. The average molecular weight is 807 g/mol. The fourth-order valence-corrected chi connectivity index (χ4v) is 8.70. The topological polar surface area (TPSA) is 235 Å². The number of anilines is 1. The number of carbonyl (C=O) groups excluding carboxylic acids is 1. The number of rotatable bonds is 19. The van der Waals surface area contributed by atoms with Crippen LogP contribution in [-0.2, 0) is 46.0 Å². The normalized spacial score (nSPS) is 17.2. The monoisotopic (exact) mass is 806 g/mol. The summed E-state index contributed by atoms with van der Waals surface area (Å²) in [5, 5.41) is 3.49. The average Bonchev–Trinajstić information content (AvgIpc) is 3.41. The molecule has 2 aliphatic rings. The van der Waals surface area contributed by atoms with Gasteiger partial charge in [0.1, 0.15) is 12.3 Å². The van der Waals surface area contributed by atoms with Crippen LogP contribution in [0.4, 0.5) is 11.4 Å². The molecule has 2 aliphatic heterocycles. The number of nitrogens with zero attached hydrogens (tertiary/aromatic N) is 5. The van der Waals surface area contributed by atoms with E-state index in [1.165, 1.54) is 24.3 Å². The molecule has 15 nitrogen and oxygen atoms in total. The maximum absolute atomic E-state index is 12.4. The van der Waals surface area contributed by atoms with Crippen LogP contribution < -0.4 is 4.90 Å². The summed E-state index contributed by atoms with van der Waals surface area (Å²) in [6.45, 7) is 8.74. The van der Waals surface area contributed by atoms with E-state index >= 15 is 0 Å². The van der Waals surface area contributed by atoms with Gasteiger partial charge in [-0.3, -0.25) is 18.5 Å². The second-order valence-corrected chi connectivity index (χ2v) is 19.0. The van der Waals surface area contributed by atoms with Crippen LogP contribution in [0, 0.1) is 0 Å². The summed E-state index contributed by atoms with van der Waals surface area (Å²) in [7, 11) is -13.2. The summed E-state index contributed by atoms with van der Waals surface area (Å²) in [5.74, 6) is -0.327. The van der Waals surface area contributed by atoms with Crippen LogP contribution in [0.2, 0.25) is 0 Å². The Morgan fingerprint density at radius 3 is 2.06 bits per heavy atom. The Hall–Kier alpha value is -3.90. The maximum atomic E-state index is 12.4. The molecule has 3 N–H and O–H groups in total. The van der Waals surface area contributed by atoms with E-state index in [0.717, 1.165) is 24.2 Å². The molecule has 0 saturated heterocycles. The van der Waals surface area contributed by atoms with Crippen molar-refractivity contribution in [3.63, 3.8) is 0 Å². The van der Waals surface area contributed by atoms with Crippen LogP contribution in [0.5, 0.6) is 0 Å². The lowest BCUT2D eigenvalue weighted by Gasteiger charge is -2.27. The van der Waals surface area contributed by atoms with Gasteiger partial charge in [-0.1, -0.05) is 31.5 Å². The van der Waals surface area contributed by atoms with Gasteiger partial charge in [0.05, 0.1) is 21.0 Å². The Morgan fingerprint density at radius 1 is 0.833 bits per heavy atom. The minimum Gasteiger partial charge on any atom is -0.344 e. The van der Waals surface area contributed by atoms with Crippen molar-refractivity contribution in [1.82, 2.24) is 0 Å². The van der Waals surface area contributed by atoms with Gasteiger partial charge in [0.2, 0.25) is 5.69 Å². The molecule has 0 atom stereocenters. The maximum Gasteiger partial charge on any atom is 0.294 e. The summed E-state index contributed by atoms with van der Waals surface area (Å²) in [5.41, 5.74) is 11.1. The smallest absolute Gasteiger partial charge is 0.294 e. The SMILES string of the molecule is CC1(C)C(=CC=CC2=[N+](CCCS(=O)(=O)O)c3ccc(S(=O)(=O)O)cc3C2(C)C)N(CCCCCC(=O)CCCCN=[N+]=[N-])c2ccc(S(=O)(=O)O)cc21. The molecular formula is C36H48N5O10S3+. The number of fused-ring (bicyclic) bond motifs is 2. The van der Waals surface area contributed by atoms with Crippen LogP contribution in [0.1, 0.15) is 90.2 Å². The van der Waals surface area contributed by atoms with E-state index in [9.17, 15) is 43.7 Å². The third-order valence-electron chi connectivity index (χ3n) is 9.98. The minimum absolute atomic E-state index is 0.0715. The summed E-state index contributed by atoms with van der Waals surface area (Å²) in [6.07, 6.45) is 10.0. The molecule has 0 aromatic heterocycles. The lowest BCUT2D eigenvalue weighted by Crippen LogP contribution is -2.28. The zero-order valence-corrected chi connectivity index (χ0v) is 33.3. The Bertz CT molecular complexity index is 2260. The highest BCUT2D eigenvalue weighted by Crippen LogP contribution is 2.49. The van der Waals surface area contributed by atoms with Crippen molar-refractivity contribution < 1.29 is 48.3 Å². The van der Waals surface area contributed by atoms with Crippen LogP contribution in [0.25, 0.3) is 10.4 Å². The summed E-state index contributed by atoms with van der Waals surface area (Å²) >= 11 is 0. The number of hydrogen-bond donors (Lipinski definition) is 3. The number of azide groups is 1. The van der Waals surface area contributed by atoms with Gasteiger partial charge in [-0.25, -0.2) is 0 Å². The van der Waals surface area contributed by atoms with E-state index in [1.54, 1.807) is 12.1 Å². The highest BCUT2D eigenvalue weighted by molar-refractivity contribution is 7.86. The number of ketones is 1. The zero-order valence-electron chi connectivity index (χ0n) is 30.8. The molecule has 0 saturated carbocycles. The molecule has 0 bridgehead atoms. The lowest BCUT2D eigenvalue weighted by atomic mass is 9.81. The number of benzene rings is 2. The largest absolute Gasteiger partial charge is 0.344 e. The van der Waals surface area contributed by atoms with Crippen molar-refractivity contribution in [3.05, 3.63) is 81.9 Å². The number of unbranched alkanes of at least 4 members (excludes halogenated alkanes) is 3. The van der Waals surface area contributed by atoms with E-state index in [1.807, 2.05) is 50.5 Å². The van der Waals surface area contributed by atoms with Crippen molar-refractivity contribution in [1.29, 1.82) is 0 Å². The van der Waals surface area contributed by atoms with E-state index in [-0.39, 0.29) is 28.5 Å². The Labute approximate surface area is 317 Å². The molecule has 0 amide bonds. The van der Waals surface area contributed by atoms with Crippen molar-refractivity contribution in [2.24, 2.45) is 5.11 Å². The van der Waals surface area contributed by atoms with Crippen molar-refractivity contribution >= 4 is 53.2 Å². The molecule has 2 aromatic carbocycles. The first-order valence-electron chi connectivity index (χ1n) is 17.6. The molecule has 0 unspecified atom stereocenters. The number of carbonyl (C=O) groups is 1. The fourth-order valence-electron chi connectivity index (χ4n) is 7.19. The van der Waals surface area contributed by atoms with Gasteiger partial charge in [0.15, 0.2) is 5.71 Å². The van der Waals surface area contributed by atoms with Crippen LogP contribution in [0.15, 0.2) is 75.2 Å². The second kappa shape index (κ2) is 16.9. The Morgan fingerprint density at radius 2 is 1.44 bits per heavy atom. The summed E-state index contributed by atoms with van der Waals surface area (Å²) in [6, 6.07) is 8.71. The fraction of sp³-hybridized carbons (Fsp3) is 0.500. The molecule has 4 rings (SSSR count). The quantitative estimate of drug-likeness (QED) is 0.0338. The Balaban J connectivity index is 1.65. The third kappa shape index (κ3) is 10.2. The van der Waals surface area contributed by atoms with E-state index in [0.29, 0.717) is 67.7 Å². The Kier molecular flexibility index (Phi) is 13.4. The van der Waals surface area contributed by atoms with E-state index < -0.39 is 46.9 Å². The molecule has 0 radical (unpaired) electrons. The van der Waals surface area contributed by atoms with E-state index in [4.69, 9.17) is 5.53 Å². The standard InChI is InChI=1S/C36H47N5O10S3/c1-35(2)29-24-27(53(46,47)48)16-18-31(29)40(21-9-5-6-12-26(42)13-7-8-20-38-39-37)33(35)14-10-15-34-36(3,4)30-25-28(54(49,50)51)17-19-32(30)41(34)22-11-23-52(43,44)45/h10,14-19,24-25H,5-9,11-13,20-23H2,1-4H3,(H2-,43,44,45,46,47,48,49,50,51)/p+1. The van der Waals surface area contributed by atoms with Crippen LogP contribution in [-0.4, -0.2) is 80.4 Å². The highest BCUT2D eigenvalue weighted by Gasteiger charge is 2.45. The number of Topliss-reactive ketones (excluding diaryl/α,β-unsaturated/α-hetero) is 1. The molecule has 0 aliphatic carbocycles. The molecule has 2 aromatic rings. The van der Waals surface area contributed by atoms with Gasteiger partial charge in [-0.05, 0) is 87.0 Å². The third-order valence-corrected chi connectivity index (χ3v) is 12.5. The van der Waals surface area contributed by atoms with Gasteiger partial charge in [-0.2, -0.15) is 29.8 Å². The predicted octanol–water partition coefficient (Wildman–Crippen LogP) is 6.68. The molecule has 0 spiro atoms. The second-order valence-electron chi connectivity index (χ2n) is 14.6. The molecular weight excluding hydrogens is 759 g/mol. The first-order chi connectivity index (χ1) is 25.1. The van der Waals surface area contributed by atoms with Gasteiger partial charge in [0, 0.05) is 71.8 Å². The first kappa shape index (κ1) is 42.8. The zero-order chi connectivity index (χ0) is 40.1. The van der Waals surface area contributed by atoms with Crippen LogP contribution in [0.3, 0.4) is 0 Å². The number of hydrogen-bond acceptors (Lipinski definition) is 9. The molecule has 54 heavy (non-hydrogen) atoms. The first-order valence-corrected chi connectivity index (χ1v) is 22.1. The lowest BCUT2D eigenvalue weighted by molar-refractivity contribution is -0.437. The summed E-state index contributed by atoms with van der Waals surface area (Å²) in [4.78, 5) is 16.7. The number of allylic oxidation sites excluding steroid dienone is 4. The molecule has 18 heteroatoms. The van der Waals surface area contributed by atoms with Crippen molar-refractivity contribution in [2.45, 2.75) is 99.7 Å². The molecule has 294 valence electrons. The highest BCUT2D eigenvalue weighted by atomic mass is 32.2. The van der Waals surface area contributed by atoms with Crippen molar-refractivity contribution in [3.8, 4) is 0 Å². The van der Waals surface area contributed by atoms with Crippen LogP contribution >= 0.6 is 0 Å². The van der Waals surface area contributed by atoms with Gasteiger partial charge >= 0.3 is 0 Å². The predicted molar refractivity (Wildman–Crippen MR) is 205 cm³/mol. The minimum atomic E-state index is -4.51. The molecule has 0 fully saturated rings. The van der Waals surface area contributed by atoms with Crippen molar-refractivity contribution in [2.75, 3.05) is 30.3 Å².